The molecule has 2 fully saturated rings. The number of ether oxygens (including phenoxy) is 3. The molecule has 1 amide bonds. The van der Waals surface area contributed by atoms with Gasteiger partial charge in [-0.15, -0.1) is 0 Å². The average molecular weight is 817 g/mol. The molecule has 2 saturated heterocycles. The van der Waals surface area contributed by atoms with Gasteiger partial charge < -0.3 is 24.0 Å². The van der Waals surface area contributed by atoms with Gasteiger partial charge in [0.15, 0.2) is 5.65 Å². The van der Waals surface area contributed by atoms with E-state index in [2.05, 4.69) is 62.4 Å². The maximum atomic E-state index is 13.5. The molecule has 4 aromatic rings. The first kappa shape index (κ1) is 42.9. The SMILES string of the molecule is COOCc1c([C@@H]2C[C@H]3CC[C@@H](C2)N3C(=O)OC(C)(C)C)nc2c(-c3ccc(-c4ccccc4)nc3)cnn2c1N(COCC[Si](C)(C)C)COCC[Si](C)(C)C. The van der Waals surface area contributed by atoms with E-state index in [-0.39, 0.29) is 30.7 Å². The van der Waals surface area contributed by atoms with Crippen molar-refractivity contribution in [2.24, 2.45) is 0 Å². The zero-order valence-corrected chi connectivity index (χ0v) is 37.8. The van der Waals surface area contributed by atoms with Crippen LogP contribution in [0.5, 0.6) is 0 Å². The maximum absolute atomic E-state index is 13.5. The minimum atomic E-state index is -1.34. The molecule has 0 saturated carbocycles. The predicted octanol–water partition coefficient (Wildman–Crippen LogP) is 9.61. The lowest BCUT2D eigenvalue weighted by atomic mass is 9.86. The Morgan fingerprint density at radius 2 is 1.49 bits per heavy atom. The molecule has 12 nitrogen and oxygen atoms in total. The Morgan fingerprint density at radius 3 is 2.04 bits per heavy atom. The number of rotatable bonds is 17. The number of aromatic nitrogens is 4. The number of benzene rings is 1. The number of piperidine rings is 1. The van der Waals surface area contributed by atoms with Gasteiger partial charge in [-0.3, -0.25) is 4.98 Å². The first-order valence-corrected chi connectivity index (χ1v) is 27.9. The van der Waals surface area contributed by atoms with E-state index >= 15 is 0 Å². The van der Waals surface area contributed by atoms with Crippen LogP contribution >= 0.6 is 0 Å². The van der Waals surface area contributed by atoms with E-state index in [0.717, 1.165) is 77.2 Å². The van der Waals surface area contributed by atoms with Gasteiger partial charge >= 0.3 is 6.09 Å². The van der Waals surface area contributed by atoms with Gasteiger partial charge in [-0.1, -0.05) is 75.7 Å². The molecule has 6 rings (SSSR count). The number of fused-ring (bicyclic) bond motifs is 3. The first-order chi connectivity index (χ1) is 27.0. The van der Waals surface area contributed by atoms with Gasteiger partial charge in [0.2, 0.25) is 0 Å². The van der Waals surface area contributed by atoms with E-state index in [0.29, 0.717) is 32.3 Å². The molecule has 0 spiro atoms. The van der Waals surface area contributed by atoms with Crippen LogP contribution in [0.15, 0.2) is 54.9 Å². The monoisotopic (exact) mass is 816 g/mol. The highest BCUT2D eigenvalue weighted by molar-refractivity contribution is 6.76. The molecular weight excluding hydrogens is 753 g/mol. The van der Waals surface area contributed by atoms with E-state index < -0.39 is 21.7 Å². The van der Waals surface area contributed by atoms with Crippen molar-refractivity contribution in [1.29, 1.82) is 0 Å². The van der Waals surface area contributed by atoms with Crippen LogP contribution in [0.2, 0.25) is 51.4 Å². The van der Waals surface area contributed by atoms with Crippen molar-refractivity contribution in [3.63, 3.8) is 0 Å². The molecule has 14 heteroatoms. The van der Waals surface area contributed by atoms with Crippen LogP contribution in [0.1, 0.15) is 63.6 Å². The molecule has 0 radical (unpaired) electrons. The normalized spacial score (nSPS) is 18.7. The molecule has 310 valence electrons. The second-order valence-electron chi connectivity index (χ2n) is 19.0. The zero-order valence-electron chi connectivity index (χ0n) is 35.8. The number of anilines is 1. The topological polar surface area (TPSA) is 113 Å². The fourth-order valence-electron chi connectivity index (χ4n) is 7.76. The van der Waals surface area contributed by atoms with Crippen LogP contribution in [0.25, 0.3) is 28.0 Å². The highest BCUT2D eigenvalue weighted by atomic mass is 28.3. The molecule has 0 N–H and O–H groups in total. The highest BCUT2D eigenvalue weighted by Crippen LogP contribution is 2.46. The quantitative estimate of drug-likeness (QED) is 0.0336. The van der Waals surface area contributed by atoms with Gasteiger partial charge in [-0.2, -0.15) is 9.61 Å². The van der Waals surface area contributed by atoms with Gasteiger partial charge in [-0.05, 0) is 64.6 Å². The lowest BCUT2D eigenvalue weighted by Crippen LogP contribution is -2.48. The molecule has 2 aliphatic heterocycles. The van der Waals surface area contributed by atoms with Crippen molar-refractivity contribution in [2.45, 2.75) is 128 Å². The largest absolute Gasteiger partial charge is 0.444 e. The summed E-state index contributed by atoms with van der Waals surface area (Å²) in [6.45, 7) is 22.0. The minimum absolute atomic E-state index is 0.0455. The number of nitrogens with zero attached hydrogens (tertiary/aromatic N) is 6. The number of hydrogen-bond donors (Lipinski definition) is 0. The van der Waals surface area contributed by atoms with Crippen molar-refractivity contribution in [3.8, 4) is 22.4 Å². The molecule has 57 heavy (non-hydrogen) atoms. The number of hydrogen-bond acceptors (Lipinski definition) is 10. The third-order valence-corrected chi connectivity index (χ3v) is 14.1. The highest BCUT2D eigenvalue weighted by Gasteiger charge is 2.46. The molecule has 2 bridgehead atoms. The third-order valence-electron chi connectivity index (χ3n) is 10.7. The lowest BCUT2D eigenvalue weighted by Gasteiger charge is -2.40. The van der Waals surface area contributed by atoms with Gasteiger partial charge in [0.1, 0.15) is 31.5 Å². The predicted molar refractivity (Wildman–Crippen MR) is 231 cm³/mol. The fourth-order valence-corrected chi connectivity index (χ4v) is 9.28. The molecule has 0 unspecified atom stereocenters. The number of amides is 1. The third kappa shape index (κ3) is 11.1. The van der Waals surface area contributed by atoms with Crippen LogP contribution in [-0.4, -0.2) is 98.2 Å². The number of pyridine rings is 1. The summed E-state index contributed by atoms with van der Waals surface area (Å²) in [4.78, 5) is 39.1. The van der Waals surface area contributed by atoms with E-state index in [1.165, 1.54) is 7.11 Å². The molecule has 5 heterocycles. The molecular formula is C43H64N6O6Si2. The van der Waals surface area contributed by atoms with Crippen molar-refractivity contribution in [2.75, 3.05) is 38.7 Å². The summed E-state index contributed by atoms with van der Waals surface area (Å²) in [7, 11) is -1.14. The van der Waals surface area contributed by atoms with E-state index in [4.69, 9.17) is 39.1 Å². The summed E-state index contributed by atoms with van der Waals surface area (Å²) in [6.07, 6.45) is 6.92. The zero-order chi connectivity index (χ0) is 41.0. The van der Waals surface area contributed by atoms with Crippen LogP contribution in [0.4, 0.5) is 10.6 Å². The average Bonchev–Trinajstić information content (AvgIpc) is 3.69. The summed E-state index contributed by atoms with van der Waals surface area (Å²) < 4.78 is 20.8. The smallest absolute Gasteiger partial charge is 0.410 e. The molecule has 1 aromatic carbocycles. The van der Waals surface area contributed by atoms with Crippen molar-refractivity contribution in [1.82, 2.24) is 24.5 Å². The Hall–Kier alpha value is -3.67. The summed E-state index contributed by atoms with van der Waals surface area (Å²) in [5.41, 5.74) is 5.68. The number of carbonyl (C=O) groups is 1. The standard InChI is InChI=1S/C43H64N6O6Si2/c1-43(2,3)55-42(50)48-34-17-18-35(48)25-33(24-34)39-37(28-54-51-4)41(47(29-52-20-22-56(5,6)7)30-53-21-23-57(8,9)10)49-40(46-39)36(27-45-49)32-16-19-38(44-26-32)31-14-12-11-13-15-31/h11-16,19,26-27,33-35H,17-18,20-25,28-30H2,1-10H3/t33-,34-,35+. The minimum Gasteiger partial charge on any atom is -0.444 e. The van der Waals surface area contributed by atoms with Crippen LogP contribution < -0.4 is 4.90 Å². The van der Waals surface area contributed by atoms with Crippen LogP contribution in [-0.2, 0) is 30.6 Å². The summed E-state index contributed by atoms with van der Waals surface area (Å²) in [6, 6.07) is 16.5. The molecule has 0 aliphatic carbocycles. The van der Waals surface area contributed by atoms with Gasteiger partial charge in [0, 0.05) is 75.8 Å². The second-order valence-corrected chi connectivity index (χ2v) is 30.2. The summed E-state index contributed by atoms with van der Waals surface area (Å²) >= 11 is 0. The van der Waals surface area contributed by atoms with Gasteiger partial charge in [-0.25, -0.2) is 19.6 Å². The first-order valence-electron chi connectivity index (χ1n) is 20.5. The number of carbonyl (C=O) groups excluding carboxylic acids is 1. The van der Waals surface area contributed by atoms with Crippen LogP contribution in [0.3, 0.4) is 0 Å². The van der Waals surface area contributed by atoms with Crippen molar-refractivity contribution >= 4 is 33.7 Å². The maximum Gasteiger partial charge on any atom is 0.410 e. The lowest BCUT2D eigenvalue weighted by molar-refractivity contribution is -0.282. The van der Waals surface area contributed by atoms with Crippen molar-refractivity contribution < 1.29 is 28.8 Å². The van der Waals surface area contributed by atoms with Gasteiger partial charge in [0.25, 0.3) is 0 Å². The Kier molecular flexibility index (Phi) is 13.6. The molecule has 3 atom stereocenters. The van der Waals surface area contributed by atoms with Crippen molar-refractivity contribution in [3.05, 3.63) is 66.1 Å². The van der Waals surface area contributed by atoms with Crippen LogP contribution in [0, 0.1) is 0 Å². The van der Waals surface area contributed by atoms with E-state index in [1.54, 1.807) is 0 Å². The Bertz CT molecular complexity index is 1900. The Labute approximate surface area is 341 Å². The summed E-state index contributed by atoms with van der Waals surface area (Å²) in [5.74, 6) is 0.847. The van der Waals surface area contributed by atoms with E-state index in [1.807, 2.05) is 66.8 Å². The van der Waals surface area contributed by atoms with E-state index in [9.17, 15) is 4.79 Å². The Balaban J connectivity index is 1.45. The molecule has 3 aromatic heterocycles. The molecule has 2 aliphatic rings. The Morgan fingerprint density at radius 1 is 0.860 bits per heavy atom. The fraction of sp³-hybridized carbons (Fsp3) is 0.581. The summed E-state index contributed by atoms with van der Waals surface area (Å²) in [5, 5.41) is 5.02. The van der Waals surface area contributed by atoms with Gasteiger partial charge in [0.05, 0.1) is 24.7 Å². The second kappa shape index (κ2) is 18.1.